The van der Waals surface area contributed by atoms with E-state index in [1.165, 1.54) is 25.9 Å². The highest BCUT2D eigenvalue weighted by Crippen LogP contribution is 2.11. The first-order valence-corrected chi connectivity index (χ1v) is 4.32. The van der Waals surface area contributed by atoms with Crippen LogP contribution in [0.25, 0.3) is 0 Å². The Balaban J connectivity index is 2.24. The van der Waals surface area contributed by atoms with Crippen LogP contribution >= 0.6 is 12.6 Å². The van der Waals surface area contributed by atoms with E-state index in [4.69, 9.17) is 0 Å². The van der Waals surface area contributed by atoms with Crippen LogP contribution in [0.2, 0.25) is 0 Å². The monoisotopic (exact) mass is 145 g/mol. The fourth-order valence-corrected chi connectivity index (χ4v) is 1.53. The van der Waals surface area contributed by atoms with Crippen molar-refractivity contribution in [1.29, 1.82) is 0 Å². The molecule has 0 aromatic carbocycles. The van der Waals surface area contributed by atoms with E-state index >= 15 is 0 Å². The van der Waals surface area contributed by atoms with Crippen molar-refractivity contribution in [2.75, 3.05) is 18.8 Å². The molecular formula is C7H15NS. The average molecular weight is 145 g/mol. The first kappa shape index (κ1) is 7.42. The second-order valence-electron chi connectivity index (χ2n) is 2.77. The van der Waals surface area contributed by atoms with Crippen LogP contribution in [0.15, 0.2) is 0 Å². The summed E-state index contributed by atoms with van der Waals surface area (Å²) in [5.41, 5.74) is 0. The molecule has 1 aliphatic heterocycles. The first-order valence-electron chi connectivity index (χ1n) is 3.69. The van der Waals surface area contributed by atoms with Gasteiger partial charge in [-0.25, -0.2) is 0 Å². The third-order valence-corrected chi connectivity index (χ3v) is 2.56. The molecule has 0 saturated carbocycles. The van der Waals surface area contributed by atoms with E-state index in [1.807, 2.05) is 0 Å². The number of rotatable bonds is 2. The molecule has 0 amide bonds. The molecule has 1 aliphatic rings. The van der Waals surface area contributed by atoms with Gasteiger partial charge in [0.15, 0.2) is 0 Å². The molecule has 0 aromatic heterocycles. The van der Waals surface area contributed by atoms with E-state index in [0.29, 0.717) is 6.04 Å². The van der Waals surface area contributed by atoms with Crippen molar-refractivity contribution in [3.63, 3.8) is 0 Å². The molecule has 1 fully saturated rings. The Morgan fingerprint density at radius 3 is 2.44 bits per heavy atom. The van der Waals surface area contributed by atoms with Gasteiger partial charge in [-0.05, 0) is 32.9 Å². The van der Waals surface area contributed by atoms with Crippen LogP contribution in [-0.2, 0) is 0 Å². The van der Waals surface area contributed by atoms with Gasteiger partial charge in [0.25, 0.3) is 0 Å². The van der Waals surface area contributed by atoms with Crippen LogP contribution in [-0.4, -0.2) is 29.8 Å². The fraction of sp³-hybridized carbons (Fsp3) is 1.00. The van der Waals surface area contributed by atoms with Gasteiger partial charge in [0, 0.05) is 11.8 Å². The fourth-order valence-electron chi connectivity index (χ4n) is 1.30. The van der Waals surface area contributed by atoms with Crippen molar-refractivity contribution < 1.29 is 0 Å². The van der Waals surface area contributed by atoms with Crippen LogP contribution in [0.5, 0.6) is 0 Å². The minimum Gasteiger partial charge on any atom is -0.300 e. The SMILES string of the molecule is CC(CS)N1CCCC1. The quantitative estimate of drug-likeness (QED) is 0.575. The highest BCUT2D eigenvalue weighted by Gasteiger charge is 2.15. The number of hydrogen-bond donors (Lipinski definition) is 1. The third kappa shape index (κ3) is 1.87. The second-order valence-corrected chi connectivity index (χ2v) is 3.14. The van der Waals surface area contributed by atoms with Gasteiger partial charge < -0.3 is 0 Å². The smallest absolute Gasteiger partial charge is 0.0155 e. The van der Waals surface area contributed by atoms with Gasteiger partial charge in [0.1, 0.15) is 0 Å². The molecule has 9 heavy (non-hydrogen) atoms. The van der Waals surface area contributed by atoms with Gasteiger partial charge in [-0.2, -0.15) is 12.6 Å². The normalized spacial score (nSPS) is 24.7. The lowest BCUT2D eigenvalue weighted by Gasteiger charge is -2.21. The Morgan fingerprint density at radius 2 is 2.00 bits per heavy atom. The van der Waals surface area contributed by atoms with Crippen molar-refractivity contribution >= 4 is 12.6 Å². The summed E-state index contributed by atoms with van der Waals surface area (Å²) in [4.78, 5) is 2.51. The Kier molecular flexibility index (Phi) is 2.86. The summed E-state index contributed by atoms with van der Waals surface area (Å²) in [6, 6.07) is 0.691. The van der Waals surface area contributed by atoms with Gasteiger partial charge in [-0.3, -0.25) is 4.90 Å². The Labute approximate surface area is 62.8 Å². The molecule has 1 atom stereocenters. The van der Waals surface area contributed by atoms with E-state index in [2.05, 4.69) is 24.5 Å². The maximum Gasteiger partial charge on any atom is 0.0155 e. The largest absolute Gasteiger partial charge is 0.300 e. The lowest BCUT2D eigenvalue weighted by Crippen LogP contribution is -2.31. The molecule has 0 aliphatic carbocycles. The van der Waals surface area contributed by atoms with Gasteiger partial charge in [-0.1, -0.05) is 0 Å². The third-order valence-electron chi connectivity index (χ3n) is 2.03. The van der Waals surface area contributed by atoms with Crippen molar-refractivity contribution in [1.82, 2.24) is 4.90 Å². The van der Waals surface area contributed by atoms with Gasteiger partial charge in [-0.15, -0.1) is 0 Å². The predicted octanol–water partition coefficient (Wildman–Crippen LogP) is 1.40. The molecule has 1 rings (SSSR count). The van der Waals surface area contributed by atoms with Crippen molar-refractivity contribution in [2.45, 2.75) is 25.8 Å². The molecular weight excluding hydrogens is 130 g/mol. The molecule has 54 valence electrons. The highest BCUT2D eigenvalue weighted by atomic mass is 32.1. The lowest BCUT2D eigenvalue weighted by molar-refractivity contribution is 0.280. The average Bonchev–Trinajstić information content (AvgIpc) is 2.37. The van der Waals surface area contributed by atoms with Crippen LogP contribution in [0.4, 0.5) is 0 Å². The maximum absolute atomic E-state index is 4.25. The van der Waals surface area contributed by atoms with Crippen molar-refractivity contribution in [3.8, 4) is 0 Å². The molecule has 1 heterocycles. The van der Waals surface area contributed by atoms with E-state index < -0.39 is 0 Å². The zero-order valence-electron chi connectivity index (χ0n) is 6.01. The Morgan fingerprint density at radius 1 is 1.44 bits per heavy atom. The molecule has 2 heteroatoms. The summed E-state index contributed by atoms with van der Waals surface area (Å²) in [5, 5.41) is 0. The van der Waals surface area contributed by atoms with Gasteiger partial charge in [0.2, 0.25) is 0 Å². The molecule has 0 aromatic rings. The molecule has 0 spiro atoms. The Bertz CT molecular complexity index is 79.0. The van der Waals surface area contributed by atoms with Crippen molar-refractivity contribution in [3.05, 3.63) is 0 Å². The first-order chi connectivity index (χ1) is 4.34. The minimum atomic E-state index is 0.691. The number of thiol groups is 1. The van der Waals surface area contributed by atoms with Crippen LogP contribution in [0.3, 0.4) is 0 Å². The van der Waals surface area contributed by atoms with Gasteiger partial charge in [0.05, 0.1) is 0 Å². The van der Waals surface area contributed by atoms with Crippen molar-refractivity contribution in [2.24, 2.45) is 0 Å². The van der Waals surface area contributed by atoms with Gasteiger partial charge >= 0.3 is 0 Å². The molecule has 0 N–H and O–H groups in total. The van der Waals surface area contributed by atoms with E-state index in [0.717, 1.165) is 5.75 Å². The summed E-state index contributed by atoms with van der Waals surface area (Å²) < 4.78 is 0. The standard InChI is InChI=1S/C7H15NS/c1-7(6-9)8-4-2-3-5-8/h7,9H,2-6H2,1H3. The van der Waals surface area contributed by atoms with E-state index in [-0.39, 0.29) is 0 Å². The summed E-state index contributed by atoms with van der Waals surface area (Å²) in [7, 11) is 0. The molecule has 0 bridgehead atoms. The zero-order chi connectivity index (χ0) is 6.69. The predicted molar refractivity (Wildman–Crippen MR) is 44.1 cm³/mol. The minimum absolute atomic E-state index is 0.691. The van der Waals surface area contributed by atoms with Crippen LogP contribution < -0.4 is 0 Å². The van der Waals surface area contributed by atoms with Crippen LogP contribution in [0, 0.1) is 0 Å². The summed E-state index contributed by atoms with van der Waals surface area (Å²) >= 11 is 4.25. The molecule has 0 radical (unpaired) electrons. The second kappa shape index (κ2) is 3.47. The summed E-state index contributed by atoms with van der Waals surface area (Å²) in [5.74, 6) is 1.00. The maximum atomic E-state index is 4.25. The summed E-state index contributed by atoms with van der Waals surface area (Å²) in [6.07, 6.45) is 2.77. The van der Waals surface area contributed by atoms with E-state index in [9.17, 15) is 0 Å². The van der Waals surface area contributed by atoms with E-state index in [1.54, 1.807) is 0 Å². The lowest BCUT2D eigenvalue weighted by atomic mass is 10.3. The number of likely N-dealkylation sites (tertiary alicyclic amines) is 1. The Hall–Kier alpha value is 0.310. The van der Waals surface area contributed by atoms with Crippen LogP contribution in [0.1, 0.15) is 19.8 Å². The molecule has 1 saturated heterocycles. The molecule has 1 unspecified atom stereocenters. The highest BCUT2D eigenvalue weighted by molar-refractivity contribution is 7.80. The zero-order valence-corrected chi connectivity index (χ0v) is 6.90. The topological polar surface area (TPSA) is 3.24 Å². The summed E-state index contributed by atoms with van der Waals surface area (Å²) in [6.45, 7) is 4.84. The molecule has 1 nitrogen and oxygen atoms in total. The number of nitrogens with zero attached hydrogens (tertiary/aromatic N) is 1. The number of hydrogen-bond acceptors (Lipinski definition) is 2.